The molecule has 0 fully saturated rings. The molecule has 82 valence electrons. The van der Waals surface area contributed by atoms with Gasteiger partial charge in [0.25, 0.3) is 0 Å². The van der Waals surface area contributed by atoms with Gasteiger partial charge in [0.1, 0.15) is 5.82 Å². The number of benzene rings is 1. The van der Waals surface area contributed by atoms with Gasteiger partial charge in [-0.3, -0.25) is 4.79 Å². The Morgan fingerprint density at radius 2 is 1.73 bits per heavy atom. The van der Waals surface area contributed by atoms with E-state index in [1.165, 1.54) is 24.3 Å². The van der Waals surface area contributed by atoms with Crippen molar-refractivity contribution >= 4 is 11.6 Å². The number of hydrogen-bond acceptors (Lipinski definition) is 2. The van der Waals surface area contributed by atoms with Gasteiger partial charge < -0.3 is 0 Å². The molecule has 0 heterocycles. The Morgan fingerprint density at radius 1 is 1.27 bits per heavy atom. The maximum Gasteiger partial charge on any atom is 0.246 e. The van der Waals surface area contributed by atoms with Crippen LogP contribution < -0.4 is 10.9 Å². The fraction of sp³-hybridized carbons (Fsp3) is 0.364. The Kier molecular flexibility index (Phi) is 3.09. The Balaban J connectivity index is 2.90. The van der Waals surface area contributed by atoms with Crippen molar-refractivity contribution in [2.45, 2.75) is 20.8 Å². The molecule has 0 radical (unpaired) electrons. The Bertz CT molecular complexity index is 354. The Hall–Kier alpha value is -1.42. The highest BCUT2D eigenvalue weighted by Gasteiger charge is 2.26. The third-order valence-corrected chi connectivity index (χ3v) is 1.97. The number of amides is 1. The molecule has 0 saturated heterocycles. The van der Waals surface area contributed by atoms with E-state index >= 15 is 0 Å². The number of carbonyl (C=O) groups is 1. The van der Waals surface area contributed by atoms with Crippen LogP contribution in [0.15, 0.2) is 24.3 Å². The van der Waals surface area contributed by atoms with Crippen molar-refractivity contribution in [3.63, 3.8) is 0 Å². The predicted octanol–water partition coefficient (Wildman–Crippen LogP) is 2.08. The summed E-state index contributed by atoms with van der Waals surface area (Å²) in [6.45, 7) is 5.33. The number of rotatable bonds is 1. The summed E-state index contributed by atoms with van der Waals surface area (Å²) in [5, 5.41) is 1.04. The van der Waals surface area contributed by atoms with Gasteiger partial charge in [-0.1, -0.05) is 20.8 Å². The fourth-order valence-corrected chi connectivity index (χ4v) is 1.08. The molecule has 0 aromatic heterocycles. The first-order valence-corrected chi connectivity index (χ1v) is 4.67. The molecule has 0 aliphatic rings. The molecule has 2 N–H and O–H groups in total. The molecule has 0 aliphatic carbocycles. The molecule has 3 nitrogen and oxygen atoms in total. The number of nitrogens with two attached hydrogens (primary N) is 1. The number of nitrogens with zero attached hydrogens (tertiary/aromatic N) is 1. The number of anilines is 1. The first-order chi connectivity index (χ1) is 6.82. The summed E-state index contributed by atoms with van der Waals surface area (Å²) >= 11 is 0. The zero-order valence-electron chi connectivity index (χ0n) is 9.12. The molecule has 0 bridgehead atoms. The average molecular weight is 210 g/mol. The van der Waals surface area contributed by atoms with E-state index in [4.69, 9.17) is 5.84 Å². The average Bonchev–Trinajstić information content (AvgIpc) is 2.15. The van der Waals surface area contributed by atoms with Gasteiger partial charge in [-0.25, -0.2) is 15.2 Å². The van der Waals surface area contributed by atoms with Crippen LogP contribution in [-0.4, -0.2) is 5.91 Å². The quantitative estimate of drug-likeness (QED) is 0.438. The van der Waals surface area contributed by atoms with Crippen molar-refractivity contribution in [1.82, 2.24) is 0 Å². The summed E-state index contributed by atoms with van der Waals surface area (Å²) in [4.78, 5) is 11.8. The van der Waals surface area contributed by atoms with Gasteiger partial charge in [-0.05, 0) is 24.3 Å². The summed E-state index contributed by atoms with van der Waals surface area (Å²) in [5.74, 6) is 5.07. The van der Waals surface area contributed by atoms with Crippen LogP contribution in [0.1, 0.15) is 20.8 Å². The smallest absolute Gasteiger partial charge is 0.246 e. The highest BCUT2D eigenvalue weighted by Crippen LogP contribution is 2.20. The second-order valence-electron chi connectivity index (χ2n) is 4.40. The van der Waals surface area contributed by atoms with Crippen LogP contribution in [0.5, 0.6) is 0 Å². The molecular weight excluding hydrogens is 195 g/mol. The third kappa shape index (κ3) is 2.76. The molecule has 0 saturated carbocycles. The largest absolute Gasteiger partial charge is 0.272 e. The van der Waals surface area contributed by atoms with E-state index < -0.39 is 5.41 Å². The summed E-state index contributed by atoms with van der Waals surface area (Å²) < 4.78 is 12.6. The normalized spacial score (nSPS) is 11.3. The first-order valence-electron chi connectivity index (χ1n) is 4.67. The molecular formula is C11H15FN2O. The highest BCUT2D eigenvalue weighted by atomic mass is 19.1. The lowest BCUT2D eigenvalue weighted by molar-refractivity contribution is -0.125. The molecule has 1 aromatic carbocycles. The molecule has 0 unspecified atom stereocenters. The van der Waals surface area contributed by atoms with Crippen molar-refractivity contribution in [2.75, 3.05) is 5.01 Å². The van der Waals surface area contributed by atoms with E-state index in [1.54, 1.807) is 20.8 Å². The maximum absolute atomic E-state index is 12.6. The number of halogens is 1. The van der Waals surface area contributed by atoms with Crippen molar-refractivity contribution in [1.29, 1.82) is 0 Å². The Labute approximate surface area is 88.7 Å². The second kappa shape index (κ2) is 3.98. The zero-order valence-corrected chi connectivity index (χ0v) is 9.12. The van der Waals surface area contributed by atoms with Gasteiger partial charge in [0.05, 0.1) is 5.69 Å². The van der Waals surface area contributed by atoms with Crippen LogP contribution in [0.2, 0.25) is 0 Å². The van der Waals surface area contributed by atoms with Crippen LogP contribution in [0.3, 0.4) is 0 Å². The molecule has 1 amide bonds. The van der Waals surface area contributed by atoms with E-state index in [0.717, 1.165) is 5.01 Å². The topological polar surface area (TPSA) is 46.3 Å². The number of hydrazine groups is 1. The van der Waals surface area contributed by atoms with Crippen LogP contribution in [0, 0.1) is 11.2 Å². The van der Waals surface area contributed by atoms with Gasteiger partial charge in [-0.2, -0.15) is 0 Å². The van der Waals surface area contributed by atoms with E-state index in [-0.39, 0.29) is 11.7 Å². The molecule has 1 aromatic rings. The molecule has 0 atom stereocenters. The SMILES string of the molecule is CC(C)(C)C(=O)N(N)c1ccc(F)cc1. The highest BCUT2D eigenvalue weighted by molar-refractivity contribution is 5.95. The van der Waals surface area contributed by atoms with Gasteiger partial charge in [0.2, 0.25) is 5.91 Å². The molecule has 1 rings (SSSR count). The zero-order chi connectivity index (χ0) is 11.6. The minimum absolute atomic E-state index is 0.214. The van der Waals surface area contributed by atoms with Crippen LogP contribution in [0.25, 0.3) is 0 Å². The van der Waals surface area contributed by atoms with Crippen LogP contribution in [-0.2, 0) is 4.79 Å². The van der Waals surface area contributed by atoms with Gasteiger partial charge in [0.15, 0.2) is 0 Å². The van der Waals surface area contributed by atoms with Crippen molar-refractivity contribution < 1.29 is 9.18 Å². The van der Waals surface area contributed by atoms with E-state index in [1.807, 2.05) is 0 Å². The summed E-state index contributed by atoms with van der Waals surface area (Å²) in [6, 6.07) is 5.48. The summed E-state index contributed by atoms with van der Waals surface area (Å²) in [5.41, 5.74) is -0.0697. The molecule has 4 heteroatoms. The lowest BCUT2D eigenvalue weighted by atomic mass is 9.95. The van der Waals surface area contributed by atoms with E-state index in [9.17, 15) is 9.18 Å². The number of carbonyl (C=O) groups excluding carboxylic acids is 1. The third-order valence-electron chi connectivity index (χ3n) is 1.97. The molecule has 0 aliphatic heterocycles. The van der Waals surface area contributed by atoms with Gasteiger partial charge in [0, 0.05) is 5.41 Å². The van der Waals surface area contributed by atoms with Crippen molar-refractivity contribution in [2.24, 2.45) is 11.3 Å². The lowest BCUT2D eigenvalue weighted by Gasteiger charge is -2.25. The Morgan fingerprint density at radius 3 is 2.13 bits per heavy atom. The van der Waals surface area contributed by atoms with Crippen molar-refractivity contribution in [3.8, 4) is 0 Å². The van der Waals surface area contributed by atoms with E-state index in [0.29, 0.717) is 5.69 Å². The molecule has 0 spiro atoms. The van der Waals surface area contributed by atoms with Gasteiger partial charge in [-0.15, -0.1) is 0 Å². The van der Waals surface area contributed by atoms with Crippen LogP contribution >= 0.6 is 0 Å². The van der Waals surface area contributed by atoms with Gasteiger partial charge >= 0.3 is 0 Å². The summed E-state index contributed by atoms with van der Waals surface area (Å²) in [6.07, 6.45) is 0. The fourth-order valence-electron chi connectivity index (χ4n) is 1.08. The predicted molar refractivity (Wildman–Crippen MR) is 57.5 cm³/mol. The minimum Gasteiger partial charge on any atom is -0.272 e. The maximum atomic E-state index is 12.6. The van der Waals surface area contributed by atoms with Crippen LogP contribution in [0.4, 0.5) is 10.1 Å². The molecule has 15 heavy (non-hydrogen) atoms. The monoisotopic (exact) mass is 210 g/mol. The van der Waals surface area contributed by atoms with Crippen molar-refractivity contribution in [3.05, 3.63) is 30.1 Å². The summed E-state index contributed by atoms with van der Waals surface area (Å²) in [7, 11) is 0. The minimum atomic E-state index is -0.552. The second-order valence-corrected chi connectivity index (χ2v) is 4.40. The lowest BCUT2D eigenvalue weighted by Crippen LogP contribution is -2.44. The number of hydrogen-bond donors (Lipinski definition) is 1. The van der Waals surface area contributed by atoms with E-state index in [2.05, 4.69) is 0 Å². The standard InChI is InChI=1S/C11H15FN2O/c1-11(2,3)10(15)14(13)9-6-4-8(12)5-7-9/h4-7H,13H2,1-3H3. The first kappa shape index (κ1) is 11.7.